The van der Waals surface area contributed by atoms with E-state index >= 15 is 0 Å². The number of rotatable bonds is 8. The monoisotopic (exact) mass is 1300 g/mol. The molecule has 0 saturated carbocycles. The first kappa shape index (κ1) is 60.8. The van der Waals surface area contributed by atoms with Crippen LogP contribution in [-0.4, -0.2) is 31.8 Å². The van der Waals surface area contributed by atoms with Gasteiger partial charge in [-0.3, -0.25) is 9.59 Å². The van der Waals surface area contributed by atoms with Crippen LogP contribution in [0.2, 0.25) is 0 Å². The number of anilines is 1. The molecule has 100 heavy (non-hydrogen) atoms. The second kappa shape index (κ2) is 24.7. The Hall–Kier alpha value is -12.9. The fourth-order valence-corrected chi connectivity index (χ4v) is 15.0. The average Bonchev–Trinajstić information content (AvgIpc) is 1.30. The van der Waals surface area contributed by atoms with Crippen LogP contribution in [0.5, 0.6) is 0 Å². The molecule has 19 aromatic rings. The number of hydrogen-bond donors (Lipinski definition) is 0. The Balaban J connectivity index is 0.000000122. The van der Waals surface area contributed by atoms with Crippen LogP contribution in [0.3, 0.4) is 0 Å². The maximum atomic E-state index is 13.0. The van der Waals surface area contributed by atoms with Crippen molar-refractivity contribution < 1.29 is 13.3 Å². The van der Waals surface area contributed by atoms with Crippen LogP contribution in [0, 0.1) is 0 Å². The van der Waals surface area contributed by atoms with Gasteiger partial charge in [0.15, 0.2) is 10.9 Å². The molecule has 19 rings (SSSR count). The Labute approximate surface area is 573 Å². The van der Waals surface area contributed by atoms with Crippen molar-refractivity contribution >= 4 is 126 Å². The second-order valence-electron chi connectivity index (χ2n) is 25.4. The number of aryl methyl sites for hydroxylation is 3. The van der Waals surface area contributed by atoms with Crippen molar-refractivity contribution in [1.29, 1.82) is 0 Å². The van der Waals surface area contributed by atoms with Gasteiger partial charge in [0.2, 0.25) is 0 Å². The zero-order valence-electron chi connectivity index (χ0n) is 55.7. The van der Waals surface area contributed by atoms with E-state index in [1.54, 1.807) is 0 Å². The smallest absolute Gasteiger partial charge is 0.347 e. The minimum atomic E-state index is -0.368. The summed E-state index contributed by atoms with van der Waals surface area (Å²) in [5.74, 6) is 2.37. The minimum Gasteiger partial charge on any atom is -0.455 e. The number of benzene rings is 13. The first-order valence-corrected chi connectivity index (χ1v) is 33.7. The summed E-state index contributed by atoms with van der Waals surface area (Å²) < 4.78 is 25.4. The fraction of sp³-hybridized carbons (Fsp3) is 0.0787. The quantitative estimate of drug-likeness (QED) is 0.109. The van der Waals surface area contributed by atoms with Crippen molar-refractivity contribution in [2.45, 2.75) is 13.8 Å². The normalized spacial score (nSPS) is 11.7. The van der Waals surface area contributed by atoms with Gasteiger partial charge < -0.3 is 31.9 Å². The maximum absolute atomic E-state index is 13.0. The number of furan rings is 2. The van der Waals surface area contributed by atoms with Crippen LogP contribution in [0.4, 0.5) is 5.69 Å². The van der Waals surface area contributed by atoms with Crippen LogP contribution in [0.15, 0.2) is 307 Å². The third kappa shape index (κ3) is 10.0. The standard InChI is InChI=1S/C46H28O2.C22H16N2O2.C21H21N3O2/c1-3-15-29(16-4-1)41-35-23-11-13-25-39(35)47-45(41)43-33-21-9-10-22-34(33)44(38-28-32-20-8-7-19-31(32)27-37(38)43)46-42(30-17-5-2-6-18-30)36-24-12-14-26-40(36)48-46;1-23-17-9-5-3-7-13(17)21(25)15-12-20-16(11-19(15)23)22(26)14-8-4-6-10-18(14)24(20)2;1-4-24(5-2)15-11-10-14-12-16(21(25)26-19(14)13-15)20-22-17-8-6-7-9-18(17)23(20)3/h1-28H;3-12H,1-2H3;6-13H,4-5H2,1-3H3. The van der Waals surface area contributed by atoms with Crippen molar-refractivity contribution in [2.75, 3.05) is 18.0 Å². The molecular formula is C89H65N5O6. The van der Waals surface area contributed by atoms with Crippen LogP contribution < -0.4 is 21.4 Å². The number of fused-ring (bicyclic) bond motifs is 11. The molecule has 0 bridgehead atoms. The summed E-state index contributed by atoms with van der Waals surface area (Å²) in [6.07, 6.45) is 0. The summed E-state index contributed by atoms with van der Waals surface area (Å²) >= 11 is 0. The Bertz CT molecular complexity index is 6380. The molecule has 13 aromatic carbocycles. The van der Waals surface area contributed by atoms with E-state index in [-0.39, 0.29) is 16.5 Å². The van der Waals surface area contributed by atoms with Crippen LogP contribution >= 0.6 is 0 Å². The van der Waals surface area contributed by atoms with Crippen molar-refractivity contribution in [2.24, 2.45) is 21.1 Å². The minimum absolute atomic E-state index is 0.00351. The van der Waals surface area contributed by atoms with Gasteiger partial charge in [-0.15, -0.1) is 0 Å². The predicted octanol–water partition coefficient (Wildman–Crippen LogP) is 21.2. The van der Waals surface area contributed by atoms with Crippen molar-refractivity contribution in [3.05, 3.63) is 310 Å². The Morgan fingerprint density at radius 1 is 0.330 bits per heavy atom. The topological polar surface area (TPSA) is 122 Å². The van der Waals surface area contributed by atoms with E-state index in [2.05, 4.69) is 188 Å². The number of imidazole rings is 1. The summed E-state index contributed by atoms with van der Waals surface area (Å²) in [4.78, 5) is 45.6. The highest BCUT2D eigenvalue weighted by Crippen LogP contribution is 2.52. The second-order valence-corrected chi connectivity index (χ2v) is 25.4. The molecule has 11 heteroatoms. The van der Waals surface area contributed by atoms with Gasteiger partial charge in [0.05, 0.1) is 33.1 Å². The van der Waals surface area contributed by atoms with E-state index in [9.17, 15) is 14.4 Å². The van der Waals surface area contributed by atoms with Gasteiger partial charge in [0.1, 0.15) is 39.7 Å². The number of nitrogens with zero attached hydrogens (tertiary/aromatic N) is 5. The third-order valence-corrected chi connectivity index (χ3v) is 19.9. The molecule has 0 saturated heterocycles. The van der Waals surface area contributed by atoms with Gasteiger partial charge in [-0.2, -0.15) is 0 Å². The lowest BCUT2D eigenvalue weighted by atomic mass is 9.85. The number of pyridine rings is 2. The van der Waals surface area contributed by atoms with E-state index < -0.39 is 0 Å². The summed E-state index contributed by atoms with van der Waals surface area (Å²) in [5, 5.41) is 12.6. The highest BCUT2D eigenvalue weighted by Gasteiger charge is 2.28. The molecule has 0 aliphatic carbocycles. The maximum Gasteiger partial charge on any atom is 0.347 e. The van der Waals surface area contributed by atoms with E-state index in [4.69, 9.17) is 13.3 Å². The third-order valence-electron chi connectivity index (χ3n) is 19.9. The van der Waals surface area contributed by atoms with Gasteiger partial charge in [-0.1, -0.05) is 182 Å². The molecule has 0 amide bonds. The molecule has 6 aromatic heterocycles. The first-order chi connectivity index (χ1) is 49.0. The van der Waals surface area contributed by atoms with Crippen LogP contribution in [0.1, 0.15) is 13.8 Å². The zero-order valence-corrected chi connectivity index (χ0v) is 55.7. The number of para-hydroxylation sites is 6. The molecule has 0 spiro atoms. The number of hydrogen-bond acceptors (Lipinski definition) is 8. The molecule has 0 radical (unpaired) electrons. The SMILES string of the molecule is CCN(CC)c1ccc2cc(-c3nc4ccccc4n3C)c(=O)oc2c1.Cn1c2ccccc2c(=O)c2cc3c(cc21)c(=O)c1ccccc1n3C.c1ccc(-c2c(-c3c4ccccc4c(-c4oc5ccccc5c4-c4ccccc4)c4cc5ccccc5cc34)oc3ccccc23)cc1. The van der Waals surface area contributed by atoms with Crippen molar-refractivity contribution in [3.8, 4) is 56.3 Å². The molecular weight excluding hydrogens is 1240 g/mol. The highest BCUT2D eigenvalue weighted by molar-refractivity contribution is 6.26. The molecule has 0 N–H and O–H groups in total. The van der Waals surface area contributed by atoms with Gasteiger partial charge in [-0.25, -0.2) is 9.78 Å². The van der Waals surface area contributed by atoms with E-state index in [1.165, 1.54) is 10.8 Å². The molecule has 0 fully saturated rings. The Kier molecular flexibility index (Phi) is 15.0. The van der Waals surface area contributed by atoms with Gasteiger partial charge >= 0.3 is 5.63 Å². The van der Waals surface area contributed by atoms with E-state index in [0.29, 0.717) is 38.5 Å². The van der Waals surface area contributed by atoms with Gasteiger partial charge in [-0.05, 0) is 148 Å². The van der Waals surface area contributed by atoms with Gasteiger partial charge in [0, 0.05) is 106 Å². The summed E-state index contributed by atoms with van der Waals surface area (Å²) in [7, 11) is 5.78. The van der Waals surface area contributed by atoms with Crippen LogP contribution in [0.25, 0.3) is 176 Å². The fourth-order valence-electron chi connectivity index (χ4n) is 15.0. The summed E-state index contributed by atoms with van der Waals surface area (Å²) in [6, 6.07) is 94.5. The van der Waals surface area contributed by atoms with E-state index in [1.807, 2.05) is 150 Å². The summed E-state index contributed by atoms with van der Waals surface area (Å²) in [6.45, 7) is 6.03. The Morgan fingerprint density at radius 2 is 0.760 bits per heavy atom. The molecule has 6 heterocycles. The van der Waals surface area contributed by atoms with E-state index in [0.717, 1.165) is 146 Å². The lowest BCUT2D eigenvalue weighted by Gasteiger charge is -2.21. The molecule has 0 aliphatic heterocycles. The van der Waals surface area contributed by atoms with Crippen molar-refractivity contribution in [1.82, 2.24) is 18.7 Å². The zero-order chi connectivity index (χ0) is 67.9. The molecule has 11 nitrogen and oxygen atoms in total. The largest absolute Gasteiger partial charge is 0.455 e. The van der Waals surface area contributed by atoms with Gasteiger partial charge in [0.25, 0.3) is 0 Å². The lowest BCUT2D eigenvalue weighted by Crippen LogP contribution is -2.21. The molecule has 0 atom stereocenters. The predicted molar refractivity (Wildman–Crippen MR) is 413 cm³/mol. The van der Waals surface area contributed by atoms with Crippen LogP contribution in [-0.2, 0) is 21.1 Å². The van der Waals surface area contributed by atoms with Crippen molar-refractivity contribution in [3.63, 3.8) is 0 Å². The Morgan fingerprint density at radius 3 is 1.25 bits per heavy atom. The average molecular weight is 1300 g/mol. The molecule has 482 valence electrons. The number of aromatic nitrogens is 4. The molecule has 0 aliphatic rings. The molecule has 0 unspecified atom stereocenters. The summed E-state index contributed by atoms with van der Waals surface area (Å²) in [5.41, 5.74) is 15.3. The highest BCUT2D eigenvalue weighted by atomic mass is 16.4. The lowest BCUT2D eigenvalue weighted by molar-refractivity contribution is 0.562. The first-order valence-electron chi connectivity index (χ1n) is 33.7.